The minimum atomic E-state index is 0.201. The summed E-state index contributed by atoms with van der Waals surface area (Å²) in [7, 11) is 5.14. The lowest BCUT2D eigenvalue weighted by Gasteiger charge is -2.29. The number of aryl methyl sites for hydroxylation is 1. The highest BCUT2D eigenvalue weighted by atomic mass is 16.5. The molecule has 0 bridgehead atoms. The molecule has 1 aliphatic rings. The number of piperidine rings is 1. The Hall–Kier alpha value is -1.75. The molecule has 0 aromatic heterocycles. The van der Waals surface area contributed by atoms with Crippen LogP contribution in [0.2, 0.25) is 0 Å². The van der Waals surface area contributed by atoms with Gasteiger partial charge in [0.15, 0.2) is 11.5 Å². The third-order valence-electron chi connectivity index (χ3n) is 5.31. The van der Waals surface area contributed by atoms with Gasteiger partial charge in [0, 0.05) is 20.0 Å². The molecule has 0 aliphatic carbocycles. The summed E-state index contributed by atoms with van der Waals surface area (Å²) in [6.07, 6.45) is 3.04. The van der Waals surface area contributed by atoms with Crippen molar-refractivity contribution in [3.05, 3.63) is 23.3 Å². The monoisotopic (exact) mass is 348 g/mol. The Morgan fingerprint density at radius 2 is 2.00 bits per heavy atom. The van der Waals surface area contributed by atoms with Crippen LogP contribution in [-0.4, -0.2) is 45.2 Å². The summed E-state index contributed by atoms with van der Waals surface area (Å²) < 4.78 is 10.7. The maximum Gasteiger partial charge on any atom is 0.222 e. The lowest BCUT2D eigenvalue weighted by molar-refractivity contribution is -0.131. The molecule has 2 unspecified atom stereocenters. The highest BCUT2D eigenvalue weighted by Crippen LogP contribution is 2.31. The average molecular weight is 348 g/mol. The van der Waals surface area contributed by atoms with Crippen LogP contribution < -0.4 is 14.8 Å². The molecule has 1 aromatic carbocycles. The zero-order valence-corrected chi connectivity index (χ0v) is 16.2. The van der Waals surface area contributed by atoms with Crippen molar-refractivity contribution in [3.8, 4) is 11.5 Å². The standard InChI is InChI=1S/C20H32N2O3/c1-14-9-18(24-4)19(25-5)11-17(14)13-22(3)20(23)10-15(2)16-7-6-8-21-12-16/h9,11,15-16,21H,6-8,10,12-13H2,1-5H3. The average Bonchev–Trinajstić information content (AvgIpc) is 2.63. The van der Waals surface area contributed by atoms with E-state index in [0.717, 1.165) is 30.0 Å². The number of amides is 1. The van der Waals surface area contributed by atoms with Crippen LogP contribution in [0.5, 0.6) is 11.5 Å². The third kappa shape index (κ3) is 5.11. The molecule has 1 amide bonds. The Labute approximate surface area is 151 Å². The Bertz CT molecular complexity index is 583. The summed E-state index contributed by atoms with van der Waals surface area (Å²) in [5.41, 5.74) is 2.18. The highest BCUT2D eigenvalue weighted by molar-refractivity contribution is 5.76. The van der Waals surface area contributed by atoms with Gasteiger partial charge in [-0.2, -0.15) is 0 Å². The molecule has 25 heavy (non-hydrogen) atoms. The van der Waals surface area contributed by atoms with Crippen LogP contribution in [0.25, 0.3) is 0 Å². The van der Waals surface area contributed by atoms with Crippen LogP contribution in [0.1, 0.15) is 37.3 Å². The summed E-state index contributed by atoms with van der Waals surface area (Å²) in [5, 5.41) is 3.44. The summed E-state index contributed by atoms with van der Waals surface area (Å²) in [4.78, 5) is 14.5. The van der Waals surface area contributed by atoms with Crippen molar-refractivity contribution in [3.63, 3.8) is 0 Å². The second-order valence-corrected chi connectivity index (χ2v) is 7.17. The molecule has 1 fully saturated rings. The Morgan fingerprint density at radius 3 is 2.60 bits per heavy atom. The van der Waals surface area contributed by atoms with E-state index in [-0.39, 0.29) is 5.91 Å². The van der Waals surface area contributed by atoms with E-state index in [0.29, 0.717) is 30.6 Å². The molecule has 1 saturated heterocycles. The number of nitrogens with one attached hydrogen (secondary N) is 1. The quantitative estimate of drug-likeness (QED) is 0.823. The van der Waals surface area contributed by atoms with E-state index < -0.39 is 0 Å². The topological polar surface area (TPSA) is 50.8 Å². The largest absolute Gasteiger partial charge is 0.493 e. The fourth-order valence-electron chi connectivity index (χ4n) is 3.50. The number of hydrogen-bond acceptors (Lipinski definition) is 4. The summed E-state index contributed by atoms with van der Waals surface area (Å²) in [5.74, 6) is 2.64. The molecule has 2 rings (SSSR count). The molecule has 1 aliphatic heterocycles. The third-order valence-corrected chi connectivity index (χ3v) is 5.31. The van der Waals surface area contributed by atoms with E-state index in [1.54, 1.807) is 14.2 Å². The molecule has 1 aromatic rings. The molecule has 5 nitrogen and oxygen atoms in total. The number of nitrogens with zero attached hydrogens (tertiary/aromatic N) is 1. The fraction of sp³-hybridized carbons (Fsp3) is 0.650. The first-order chi connectivity index (χ1) is 12.0. The molecule has 0 spiro atoms. The zero-order chi connectivity index (χ0) is 18.4. The molecule has 2 atom stereocenters. The maximum absolute atomic E-state index is 12.6. The summed E-state index contributed by atoms with van der Waals surface area (Å²) >= 11 is 0. The van der Waals surface area contributed by atoms with E-state index in [4.69, 9.17) is 9.47 Å². The number of carbonyl (C=O) groups is 1. The van der Waals surface area contributed by atoms with E-state index in [9.17, 15) is 4.79 Å². The van der Waals surface area contributed by atoms with Crippen LogP contribution in [0.4, 0.5) is 0 Å². The number of methoxy groups -OCH3 is 2. The van der Waals surface area contributed by atoms with E-state index in [1.165, 1.54) is 12.8 Å². The van der Waals surface area contributed by atoms with E-state index >= 15 is 0 Å². The van der Waals surface area contributed by atoms with Crippen LogP contribution >= 0.6 is 0 Å². The van der Waals surface area contributed by atoms with Gasteiger partial charge in [-0.05, 0) is 68.0 Å². The smallest absolute Gasteiger partial charge is 0.222 e. The van der Waals surface area contributed by atoms with Crippen LogP contribution in [0.3, 0.4) is 0 Å². The molecule has 0 saturated carbocycles. The minimum absolute atomic E-state index is 0.201. The van der Waals surface area contributed by atoms with Gasteiger partial charge in [-0.1, -0.05) is 6.92 Å². The van der Waals surface area contributed by atoms with Gasteiger partial charge in [-0.3, -0.25) is 4.79 Å². The van der Waals surface area contributed by atoms with Crippen molar-refractivity contribution in [2.24, 2.45) is 11.8 Å². The number of benzene rings is 1. The first kappa shape index (κ1) is 19.6. The highest BCUT2D eigenvalue weighted by Gasteiger charge is 2.23. The van der Waals surface area contributed by atoms with Gasteiger partial charge < -0.3 is 19.7 Å². The number of ether oxygens (including phenoxy) is 2. The predicted molar refractivity (Wildman–Crippen MR) is 100 cm³/mol. The van der Waals surface area contributed by atoms with Gasteiger partial charge in [0.2, 0.25) is 5.91 Å². The van der Waals surface area contributed by atoms with Gasteiger partial charge >= 0.3 is 0 Å². The zero-order valence-electron chi connectivity index (χ0n) is 16.2. The van der Waals surface area contributed by atoms with Crippen molar-refractivity contribution in [2.75, 3.05) is 34.4 Å². The molecule has 0 radical (unpaired) electrons. The SMILES string of the molecule is COc1cc(C)c(CN(C)C(=O)CC(C)C2CCCNC2)cc1OC. The van der Waals surface area contributed by atoms with Gasteiger partial charge in [0.25, 0.3) is 0 Å². The second kappa shape index (κ2) is 9.09. The van der Waals surface area contributed by atoms with Crippen molar-refractivity contribution in [2.45, 2.75) is 39.7 Å². The van der Waals surface area contributed by atoms with Crippen LogP contribution in [0.15, 0.2) is 12.1 Å². The summed E-state index contributed by atoms with van der Waals surface area (Å²) in [6.45, 7) is 6.96. The molecular formula is C20H32N2O3. The molecule has 1 heterocycles. The lowest BCUT2D eigenvalue weighted by atomic mass is 9.85. The molecule has 5 heteroatoms. The number of carbonyl (C=O) groups excluding carboxylic acids is 1. The van der Waals surface area contributed by atoms with Crippen molar-refractivity contribution >= 4 is 5.91 Å². The lowest BCUT2D eigenvalue weighted by Crippen LogP contribution is -2.36. The van der Waals surface area contributed by atoms with E-state index in [1.807, 2.05) is 31.0 Å². The second-order valence-electron chi connectivity index (χ2n) is 7.17. The molecular weight excluding hydrogens is 316 g/mol. The van der Waals surface area contributed by atoms with Gasteiger partial charge in [0.1, 0.15) is 0 Å². The van der Waals surface area contributed by atoms with Gasteiger partial charge in [-0.25, -0.2) is 0 Å². The van der Waals surface area contributed by atoms with Crippen LogP contribution in [-0.2, 0) is 11.3 Å². The van der Waals surface area contributed by atoms with Crippen LogP contribution in [0, 0.1) is 18.8 Å². The Kier molecular flexibility index (Phi) is 7.12. The first-order valence-electron chi connectivity index (χ1n) is 9.12. The maximum atomic E-state index is 12.6. The van der Waals surface area contributed by atoms with Crippen molar-refractivity contribution in [1.82, 2.24) is 10.2 Å². The summed E-state index contributed by atoms with van der Waals surface area (Å²) in [6, 6.07) is 3.93. The molecule has 140 valence electrons. The fourth-order valence-corrected chi connectivity index (χ4v) is 3.50. The van der Waals surface area contributed by atoms with Crippen molar-refractivity contribution in [1.29, 1.82) is 0 Å². The van der Waals surface area contributed by atoms with E-state index in [2.05, 4.69) is 12.2 Å². The number of hydrogen-bond donors (Lipinski definition) is 1. The van der Waals surface area contributed by atoms with Gasteiger partial charge in [-0.15, -0.1) is 0 Å². The first-order valence-corrected chi connectivity index (χ1v) is 9.12. The predicted octanol–water partition coefficient (Wildman–Crippen LogP) is 3.00. The van der Waals surface area contributed by atoms with Gasteiger partial charge in [0.05, 0.1) is 14.2 Å². The minimum Gasteiger partial charge on any atom is -0.493 e. The molecule has 1 N–H and O–H groups in total. The normalized spacial score (nSPS) is 18.5. The number of rotatable bonds is 7. The Balaban J connectivity index is 1.98. The Morgan fingerprint density at radius 1 is 1.32 bits per heavy atom. The van der Waals surface area contributed by atoms with Crippen molar-refractivity contribution < 1.29 is 14.3 Å².